The number of aliphatic hydroxyl groups is 6. The SMILES string of the molecule is C/C(=C\C(=O)OCCCCCCCCC(=O)[O-])C[C@@H]1OC[C@H](C[C@@H]2O[C@H]2[C@@H](C)C(C)O)[C@@H](O)[C@H]1O.C/C(=C\C(=O)OCCCCCCCCC(=O)[O-])C[C@@H]1OC[C@H](C[C@@H]2O[C@H]2[C@@H](C)[C@H](C)O)[C@@H](O)[C@H]1O.[Ca+2]. The van der Waals surface area contributed by atoms with Crippen molar-refractivity contribution in [1.82, 2.24) is 0 Å². The third-order valence-electron chi connectivity index (χ3n) is 14.2. The molecule has 0 aromatic rings. The van der Waals surface area contributed by atoms with Crippen molar-refractivity contribution in [2.45, 2.75) is 230 Å². The first-order valence-corrected chi connectivity index (χ1v) is 25.9. The summed E-state index contributed by atoms with van der Waals surface area (Å²) in [5.41, 5.74) is 1.41. The van der Waals surface area contributed by atoms with E-state index >= 15 is 0 Å². The summed E-state index contributed by atoms with van der Waals surface area (Å²) in [7, 11) is 0. The van der Waals surface area contributed by atoms with Gasteiger partial charge >= 0.3 is 49.7 Å². The normalized spacial score (nSPS) is 30.1. The van der Waals surface area contributed by atoms with E-state index in [1.54, 1.807) is 27.7 Å². The number of esters is 2. The summed E-state index contributed by atoms with van der Waals surface area (Å²) >= 11 is 0. The van der Waals surface area contributed by atoms with Gasteiger partial charge in [0.1, 0.15) is 12.2 Å². The average molecular weight is 1040 g/mol. The molecule has 16 atom stereocenters. The van der Waals surface area contributed by atoms with Crippen LogP contribution in [0.4, 0.5) is 0 Å². The maximum atomic E-state index is 12.0. The summed E-state index contributed by atoms with van der Waals surface area (Å²) in [5.74, 6) is -3.37. The number of hydrogen-bond acceptors (Lipinski definition) is 18. The molecule has 0 radical (unpaired) electrons. The van der Waals surface area contributed by atoms with Gasteiger partial charge in [0.05, 0.1) is 87.5 Å². The summed E-state index contributed by atoms with van der Waals surface area (Å²) in [4.78, 5) is 44.8. The molecule has 0 amide bonds. The van der Waals surface area contributed by atoms with E-state index in [0.29, 0.717) is 76.1 Å². The Kier molecular flexibility index (Phi) is 32.0. The molecule has 19 heteroatoms. The van der Waals surface area contributed by atoms with Gasteiger partial charge in [0, 0.05) is 47.8 Å². The molecule has 0 saturated carbocycles. The largest absolute Gasteiger partial charge is 2.00 e. The number of hydrogen-bond donors (Lipinski definition) is 6. The number of carbonyl (C=O) groups is 4. The number of epoxide rings is 2. The molecule has 4 rings (SSSR count). The second-order valence-corrected chi connectivity index (χ2v) is 20.4. The van der Waals surface area contributed by atoms with Crippen molar-refractivity contribution in [1.29, 1.82) is 0 Å². The van der Waals surface area contributed by atoms with Gasteiger partial charge in [0.2, 0.25) is 0 Å². The third-order valence-corrected chi connectivity index (χ3v) is 14.2. The number of unbranched alkanes of at least 4 members (excludes halogenated alkanes) is 10. The van der Waals surface area contributed by atoms with Gasteiger partial charge in [-0.2, -0.15) is 0 Å². The molecular formula is C52H86CaO18. The molecular weight excluding hydrogens is 953 g/mol. The van der Waals surface area contributed by atoms with E-state index < -0.39 is 72.7 Å². The van der Waals surface area contributed by atoms with Crippen LogP contribution in [0.25, 0.3) is 0 Å². The molecule has 0 aromatic heterocycles. The molecule has 1 unspecified atom stereocenters. The van der Waals surface area contributed by atoms with Crippen LogP contribution in [0.3, 0.4) is 0 Å². The Bertz CT molecular complexity index is 1510. The van der Waals surface area contributed by atoms with Gasteiger partial charge in [-0.05, 0) is 91.9 Å². The zero-order valence-corrected chi connectivity index (χ0v) is 45.4. The van der Waals surface area contributed by atoms with Crippen LogP contribution in [-0.4, -0.2) is 192 Å². The monoisotopic (exact) mass is 1040 g/mol. The average Bonchev–Trinajstić information content (AvgIpc) is 4.23. The fraction of sp³-hybridized carbons (Fsp3) is 0.846. The van der Waals surface area contributed by atoms with Crippen molar-refractivity contribution in [2.75, 3.05) is 26.4 Å². The van der Waals surface area contributed by atoms with Crippen molar-refractivity contribution in [3.05, 3.63) is 23.3 Å². The Labute approximate surface area is 451 Å². The van der Waals surface area contributed by atoms with E-state index in [-0.39, 0.29) is 98.7 Å². The van der Waals surface area contributed by atoms with E-state index in [1.165, 1.54) is 12.2 Å². The Morgan fingerprint density at radius 1 is 0.535 bits per heavy atom. The molecule has 4 aliphatic heterocycles. The maximum Gasteiger partial charge on any atom is 2.00 e. The Hall–Kier alpha value is -1.78. The van der Waals surface area contributed by atoms with Crippen LogP contribution < -0.4 is 10.2 Å². The first-order chi connectivity index (χ1) is 33.2. The van der Waals surface area contributed by atoms with Gasteiger partial charge in [-0.25, -0.2) is 9.59 Å². The number of carboxylic acids is 2. The van der Waals surface area contributed by atoms with Crippen LogP contribution in [-0.2, 0) is 47.6 Å². The standard InChI is InChI=1S/2C26H44O9.Ca/c2*1-16(13-23(30)33-11-9-7-5-4-6-8-10-22(28)29)12-20-25(32)24(31)19(15-34-20)14-21-26(35-21)17(2)18(3)27;/h2*13,17-21,24-27,31-32H,4-12,14-15H2,1-3H3,(H,28,29);/q;;+2/p-2/b2*16-13+;/t17-,18?,19-,20-,21-,24+,25-,26-;17-,18-,19-,20-,21-,24+,25-,26-;/m00./s1. The van der Waals surface area contributed by atoms with Crippen molar-refractivity contribution < 1.29 is 88.5 Å². The molecule has 4 fully saturated rings. The van der Waals surface area contributed by atoms with Gasteiger partial charge in [-0.3, -0.25) is 0 Å². The molecule has 6 N–H and O–H groups in total. The maximum absolute atomic E-state index is 12.0. The van der Waals surface area contributed by atoms with E-state index in [1.807, 2.05) is 13.8 Å². The summed E-state index contributed by atoms with van der Waals surface area (Å²) in [6, 6.07) is 0. The van der Waals surface area contributed by atoms with Crippen molar-refractivity contribution in [2.24, 2.45) is 23.7 Å². The zero-order chi connectivity index (χ0) is 51.9. The van der Waals surface area contributed by atoms with E-state index in [2.05, 4.69) is 0 Å². The third kappa shape index (κ3) is 25.5. The number of rotatable bonds is 32. The first-order valence-electron chi connectivity index (χ1n) is 25.9. The molecule has 404 valence electrons. The molecule has 4 saturated heterocycles. The quantitative estimate of drug-likeness (QED) is 0.0185. The minimum absolute atomic E-state index is 0. The van der Waals surface area contributed by atoms with Crippen LogP contribution in [0, 0.1) is 23.7 Å². The molecule has 0 spiro atoms. The van der Waals surface area contributed by atoms with Crippen LogP contribution in [0.1, 0.15) is 157 Å². The fourth-order valence-electron chi connectivity index (χ4n) is 9.16. The Morgan fingerprint density at radius 3 is 1.18 bits per heavy atom. The van der Waals surface area contributed by atoms with Crippen LogP contribution >= 0.6 is 0 Å². The fourth-order valence-corrected chi connectivity index (χ4v) is 9.16. The second-order valence-electron chi connectivity index (χ2n) is 20.4. The van der Waals surface area contributed by atoms with Crippen molar-refractivity contribution in [3.63, 3.8) is 0 Å². The van der Waals surface area contributed by atoms with Crippen LogP contribution in [0.2, 0.25) is 0 Å². The van der Waals surface area contributed by atoms with Crippen LogP contribution in [0.15, 0.2) is 23.3 Å². The van der Waals surface area contributed by atoms with Gasteiger partial charge in [0.15, 0.2) is 0 Å². The summed E-state index contributed by atoms with van der Waals surface area (Å²) in [5, 5.41) is 82.4. The number of carboxylic acid groups (broad SMARTS) is 2. The first kappa shape index (κ1) is 65.3. The summed E-state index contributed by atoms with van der Waals surface area (Å²) in [6.07, 6.45) is 8.59. The summed E-state index contributed by atoms with van der Waals surface area (Å²) in [6.45, 7) is 12.1. The predicted octanol–water partition coefficient (Wildman–Crippen LogP) is 2.13. The van der Waals surface area contributed by atoms with Crippen molar-refractivity contribution >= 4 is 61.6 Å². The molecule has 0 aliphatic carbocycles. The summed E-state index contributed by atoms with van der Waals surface area (Å²) < 4.78 is 33.4. The van der Waals surface area contributed by atoms with Gasteiger partial charge < -0.3 is 78.9 Å². The Morgan fingerprint density at radius 2 is 0.859 bits per heavy atom. The topological polar surface area (TPSA) is 298 Å². The van der Waals surface area contributed by atoms with Gasteiger partial charge in [-0.15, -0.1) is 0 Å². The van der Waals surface area contributed by atoms with Crippen LogP contribution in [0.5, 0.6) is 0 Å². The number of aliphatic carboxylic acids is 2. The molecule has 0 aromatic carbocycles. The van der Waals surface area contributed by atoms with Gasteiger partial charge in [0.25, 0.3) is 0 Å². The second kappa shape index (κ2) is 34.7. The van der Waals surface area contributed by atoms with Gasteiger partial charge in [-0.1, -0.05) is 76.4 Å². The Balaban J connectivity index is 0.000000480. The molecule has 71 heavy (non-hydrogen) atoms. The molecule has 4 aliphatic rings. The molecule has 18 nitrogen and oxygen atoms in total. The number of aliphatic hydroxyl groups excluding tert-OH is 6. The van der Waals surface area contributed by atoms with E-state index in [9.17, 15) is 60.0 Å². The molecule has 0 bridgehead atoms. The zero-order valence-electron chi connectivity index (χ0n) is 43.2. The predicted molar refractivity (Wildman–Crippen MR) is 258 cm³/mol. The van der Waals surface area contributed by atoms with Crippen molar-refractivity contribution in [3.8, 4) is 0 Å². The number of carbonyl (C=O) groups excluding carboxylic acids is 4. The minimum Gasteiger partial charge on any atom is -0.550 e. The van der Waals surface area contributed by atoms with E-state index in [4.69, 9.17) is 28.4 Å². The number of ether oxygens (including phenoxy) is 6. The smallest absolute Gasteiger partial charge is 0.550 e. The minimum atomic E-state index is -1.06. The van der Waals surface area contributed by atoms with E-state index in [0.717, 1.165) is 64.2 Å². The molecule has 4 heterocycles.